The average Bonchev–Trinajstić information content (AvgIpc) is 2.57. The van der Waals surface area contributed by atoms with Gasteiger partial charge >= 0.3 is 0 Å². The van der Waals surface area contributed by atoms with E-state index in [9.17, 15) is 0 Å². The molecule has 1 aromatic heterocycles. The Hall–Kier alpha value is -2.88. The Balaban J connectivity index is 1.81. The van der Waals surface area contributed by atoms with Crippen molar-refractivity contribution in [2.24, 2.45) is 0 Å². The summed E-state index contributed by atoms with van der Waals surface area (Å²) in [5, 5.41) is 6.71. The lowest BCUT2D eigenvalue weighted by Crippen LogP contribution is -2.02. The van der Waals surface area contributed by atoms with Crippen LogP contribution in [0, 0.1) is 13.8 Å². The van der Waals surface area contributed by atoms with E-state index in [1.165, 1.54) is 11.1 Å². The van der Waals surface area contributed by atoms with Crippen LogP contribution >= 0.6 is 0 Å². The number of rotatable bonds is 5. The highest BCUT2D eigenvalue weighted by Gasteiger charge is 2.04. The first kappa shape index (κ1) is 16.0. The normalized spacial score (nSPS) is 10.5. The standard InChI is InChI=1S/C20H22N4/c1-4-16-9-11-17(12-10-16)23-19-13-20(22-15(3)21-19)24-18-8-6-5-7-14(18)2/h5-13H,4H2,1-3H3,(H2,21,22,23,24). The second-order valence-corrected chi connectivity index (χ2v) is 5.80. The number of anilines is 4. The van der Waals surface area contributed by atoms with Crippen LogP contribution in [0.25, 0.3) is 0 Å². The second kappa shape index (κ2) is 7.13. The Morgan fingerprint density at radius 3 is 2.17 bits per heavy atom. The quantitative estimate of drug-likeness (QED) is 0.683. The SMILES string of the molecule is CCc1ccc(Nc2cc(Nc3ccccc3C)nc(C)n2)cc1. The van der Waals surface area contributed by atoms with E-state index in [4.69, 9.17) is 0 Å². The molecule has 0 atom stereocenters. The van der Waals surface area contributed by atoms with Gasteiger partial charge in [0.2, 0.25) is 0 Å². The van der Waals surface area contributed by atoms with Crippen LogP contribution in [0.2, 0.25) is 0 Å². The van der Waals surface area contributed by atoms with Crippen molar-refractivity contribution in [2.75, 3.05) is 10.6 Å². The van der Waals surface area contributed by atoms with E-state index in [-0.39, 0.29) is 0 Å². The topological polar surface area (TPSA) is 49.8 Å². The minimum atomic E-state index is 0.723. The monoisotopic (exact) mass is 318 g/mol. The summed E-state index contributed by atoms with van der Waals surface area (Å²) in [6.07, 6.45) is 1.04. The van der Waals surface area contributed by atoms with Gasteiger partial charge in [0.05, 0.1) is 0 Å². The van der Waals surface area contributed by atoms with E-state index >= 15 is 0 Å². The molecular weight excluding hydrogens is 296 g/mol. The Labute approximate surface area is 143 Å². The maximum absolute atomic E-state index is 4.48. The number of aryl methyl sites for hydroxylation is 3. The number of aromatic nitrogens is 2. The molecule has 0 aliphatic rings. The van der Waals surface area contributed by atoms with E-state index in [1.54, 1.807) is 0 Å². The summed E-state index contributed by atoms with van der Waals surface area (Å²) < 4.78 is 0. The molecule has 122 valence electrons. The van der Waals surface area contributed by atoms with Gasteiger partial charge in [-0.2, -0.15) is 0 Å². The van der Waals surface area contributed by atoms with E-state index in [1.807, 2.05) is 31.2 Å². The molecule has 4 heteroatoms. The second-order valence-electron chi connectivity index (χ2n) is 5.80. The van der Waals surface area contributed by atoms with Crippen molar-refractivity contribution in [1.82, 2.24) is 9.97 Å². The molecule has 0 fully saturated rings. The predicted octanol–water partition coefficient (Wildman–Crippen LogP) is 5.14. The molecule has 2 aromatic carbocycles. The fraction of sp³-hybridized carbons (Fsp3) is 0.200. The number of para-hydroxylation sites is 1. The van der Waals surface area contributed by atoms with Crippen molar-refractivity contribution in [3.63, 3.8) is 0 Å². The molecule has 0 radical (unpaired) electrons. The van der Waals surface area contributed by atoms with E-state index < -0.39 is 0 Å². The van der Waals surface area contributed by atoms with Gasteiger partial charge in [-0.1, -0.05) is 37.3 Å². The Morgan fingerprint density at radius 1 is 0.833 bits per heavy atom. The van der Waals surface area contributed by atoms with Gasteiger partial charge in [-0.15, -0.1) is 0 Å². The molecule has 2 N–H and O–H groups in total. The Kier molecular flexibility index (Phi) is 4.75. The third-order valence-electron chi connectivity index (χ3n) is 3.88. The lowest BCUT2D eigenvalue weighted by Gasteiger charge is -2.12. The largest absolute Gasteiger partial charge is 0.340 e. The minimum absolute atomic E-state index is 0.723. The van der Waals surface area contributed by atoms with E-state index in [0.717, 1.165) is 35.3 Å². The van der Waals surface area contributed by atoms with Crippen molar-refractivity contribution in [3.8, 4) is 0 Å². The minimum Gasteiger partial charge on any atom is -0.340 e. The van der Waals surface area contributed by atoms with Crippen molar-refractivity contribution >= 4 is 23.0 Å². The van der Waals surface area contributed by atoms with Gasteiger partial charge in [0.1, 0.15) is 17.5 Å². The summed E-state index contributed by atoms with van der Waals surface area (Å²) in [5.41, 5.74) is 4.57. The van der Waals surface area contributed by atoms with Gasteiger partial charge in [0.25, 0.3) is 0 Å². The van der Waals surface area contributed by atoms with Crippen LogP contribution in [0.3, 0.4) is 0 Å². The van der Waals surface area contributed by atoms with Crippen LogP contribution < -0.4 is 10.6 Å². The summed E-state index contributed by atoms with van der Waals surface area (Å²) in [4.78, 5) is 8.95. The maximum atomic E-state index is 4.48. The van der Waals surface area contributed by atoms with Crippen molar-refractivity contribution in [2.45, 2.75) is 27.2 Å². The zero-order valence-electron chi connectivity index (χ0n) is 14.3. The highest BCUT2D eigenvalue weighted by Crippen LogP contribution is 2.22. The van der Waals surface area contributed by atoms with Crippen LogP contribution in [0.1, 0.15) is 23.9 Å². The van der Waals surface area contributed by atoms with Crippen LogP contribution in [0.5, 0.6) is 0 Å². The summed E-state index contributed by atoms with van der Waals surface area (Å²) in [5.74, 6) is 2.29. The average molecular weight is 318 g/mol. The molecule has 3 aromatic rings. The lowest BCUT2D eigenvalue weighted by atomic mass is 10.1. The van der Waals surface area contributed by atoms with Crippen LogP contribution in [0.4, 0.5) is 23.0 Å². The first-order chi connectivity index (χ1) is 11.6. The van der Waals surface area contributed by atoms with Crippen LogP contribution in [-0.4, -0.2) is 9.97 Å². The fourth-order valence-corrected chi connectivity index (χ4v) is 2.52. The van der Waals surface area contributed by atoms with Crippen LogP contribution in [-0.2, 0) is 6.42 Å². The van der Waals surface area contributed by atoms with Crippen molar-refractivity contribution in [1.29, 1.82) is 0 Å². The van der Waals surface area contributed by atoms with Crippen LogP contribution in [0.15, 0.2) is 54.6 Å². The fourth-order valence-electron chi connectivity index (χ4n) is 2.52. The number of hydrogen-bond acceptors (Lipinski definition) is 4. The highest BCUT2D eigenvalue weighted by molar-refractivity contribution is 5.65. The van der Waals surface area contributed by atoms with Gasteiger partial charge < -0.3 is 10.6 Å². The van der Waals surface area contributed by atoms with Gasteiger partial charge in [-0.05, 0) is 49.6 Å². The molecule has 0 amide bonds. The highest BCUT2D eigenvalue weighted by atomic mass is 15.1. The molecule has 3 rings (SSSR count). The zero-order chi connectivity index (χ0) is 16.9. The molecule has 4 nitrogen and oxygen atoms in total. The molecule has 0 spiro atoms. The van der Waals surface area contributed by atoms with Gasteiger partial charge in [0, 0.05) is 17.4 Å². The molecular formula is C20H22N4. The summed E-state index contributed by atoms with van der Waals surface area (Å²) in [6, 6.07) is 18.5. The summed E-state index contributed by atoms with van der Waals surface area (Å²) in [7, 11) is 0. The molecule has 0 bridgehead atoms. The van der Waals surface area contributed by atoms with E-state index in [0.29, 0.717) is 0 Å². The number of hydrogen-bond donors (Lipinski definition) is 2. The van der Waals surface area contributed by atoms with Crippen molar-refractivity contribution < 1.29 is 0 Å². The van der Waals surface area contributed by atoms with Gasteiger partial charge in [0.15, 0.2) is 0 Å². The summed E-state index contributed by atoms with van der Waals surface area (Å²) >= 11 is 0. The number of nitrogens with zero attached hydrogens (tertiary/aromatic N) is 2. The molecule has 0 saturated carbocycles. The smallest absolute Gasteiger partial charge is 0.136 e. The van der Waals surface area contributed by atoms with Crippen molar-refractivity contribution in [3.05, 3.63) is 71.5 Å². The third kappa shape index (κ3) is 3.90. The number of benzene rings is 2. The first-order valence-electron chi connectivity index (χ1n) is 8.18. The zero-order valence-corrected chi connectivity index (χ0v) is 14.3. The maximum Gasteiger partial charge on any atom is 0.136 e. The number of nitrogens with one attached hydrogen (secondary N) is 2. The first-order valence-corrected chi connectivity index (χ1v) is 8.18. The lowest BCUT2D eigenvalue weighted by molar-refractivity contribution is 1.06. The molecule has 24 heavy (non-hydrogen) atoms. The predicted molar refractivity (Wildman–Crippen MR) is 100 cm³/mol. The molecule has 0 unspecified atom stereocenters. The summed E-state index contributed by atoms with van der Waals surface area (Å²) in [6.45, 7) is 6.12. The Morgan fingerprint density at radius 2 is 1.50 bits per heavy atom. The van der Waals surface area contributed by atoms with Gasteiger partial charge in [-0.25, -0.2) is 9.97 Å². The molecule has 0 aliphatic carbocycles. The van der Waals surface area contributed by atoms with Gasteiger partial charge in [-0.3, -0.25) is 0 Å². The molecule has 0 saturated heterocycles. The van der Waals surface area contributed by atoms with E-state index in [2.05, 4.69) is 64.8 Å². The molecule has 1 heterocycles. The Bertz CT molecular complexity index is 825. The molecule has 0 aliphatic heterocycles. The third-order valence-corrected chi connectivity index (χ3v) is 3.88.